The van der Waals surface area contributed by atoms with E-state index in [0.717, 1.165) is 43.9 Å². The molecule has 2 rings (SSSR count). The Morgan fingerprint density at radius 1 is 1.43 bits per heavy atom. The number of amides is 1. The molecule has 1 fully saturated rings. The minimum absolute atomic E-state index is 0.0268. The van der Waals surface area contributed by atoms with E-state index in [9.17, 15) is 4.79 Å². The Labute approximate surface area is 140 Å². The molecule has 0 saturated carbocycles. The van der Waals surface area contributed by atoms with Crippen molar-refractivity contribution in [3.8, 4) is 0 Å². The molecule has 1 aliphatic heterocycles. The number of nitrogens with one attached hydrogen (secondary N) is 1. The van der Waals surface area contributed by atoms with Crippen molar-refractivity contribution >= 4 is 5.91 Å². The molecule has 0 spiro atoms. The molecule has 1 atom stereocenters. The minimum Gasteiger partial charge on any atom is -0.352 e. The van der Waals surface area contributed by atoms with Gasteiger partial charge < -0.3 is 5.32 Å². The van der Waals surface area contributed by atoms with Gasteiger partial charge in [-0.1, -0.05) is 18.6 Å². The van der Waals surface area contributed by atoms with E-state index in [4.69, 9.17) is 0 Å². The SMILES string of the molecule is CCc1ccc(CN2CCC[C@@H](CNC(=O)C=C(C)C)C2)nc1. The van der Waals surface area contributed by atoms with Gasteiger partial charge in [-0.05, 0) is 57.2 Å². The summed E-state index contributed by atoms with van der Waals surface area (Å²) in [6, 6.07) is 4.31. The topological polar surface area (TPSA) is 45.2 Å². The zero-order valence-electron chi connectivity index (χ0n) is 14.6. The number of aromatic nitrogens is 1. The zero-order chi connectivity index (χ0) is 16.7. The third-order valence-corrected chi connectivity index (χ3v) is 4.27. The van der Waals surface area contributed by atoms with Crippen molar-refractivity contribution in [2.75, 3.05) is 19.6 Å². The maximum atomic E-state index is 11.7. The van der Waals surface area contributed by atoms with Crippen molar-refractivity contribution in [1.82, 2.24) is 15.2 Å². The van der Waals surface area contributed by atoms with Crippen LogP contribution < -0.4 is 5.32 Å². The quantitative estimate of drug-likeness (QED) is 0.821. The van der Waals surface area contributed by atoms with Gasteiger partial charge in [0.05, 0.1) is 5.69 Å². The third-order valence-electron chi connectivity index (χ3n) is 4.27. The van der Waals surface area contributed by atoms with E-state index in [2.05, 4.69) is 34.3 Å². The molecule has 126 valence electrons. The van der Waals surface area contributed by atoms with Crippen LogP contribution in [0.5, 0.6) is 0 Å². The molecule has 1 aliphatic rings. The van der Waals surface area contributed by atoms with Crippen LogP contribution in [0.2, 0.25) is 0 Å². The lowest BCUT2D eigenvalue weighted by Crippen LogP contribution is -2.40. The number of piperidine rings is 1. The van der Waals surface area contributed by atoms with Crippen LogP contribution in [0.1, 0.15) is 44.9 Å². The highest BCUT2D eigenvalue weighted by atomic mass is 16.1. The fraction of sp³-hybridized carbons (Fsp3) is 0.579. The predicted molar refractivity (Wildman–Crippen MR) is 94.1 cm³/mol. The lowest BCUT2D eigenvalue weighted by Gasteiger charge is -2.32. The highest BCUT2D eigenvalue weighted by Crippen LogP contribution is 2.17. The number of likely N-dealkylation sites (tertiary alicyclic amines) is 1. The van der Waals surface area contributed by atoms with Crippen LogP contribution in [-0.2, 0) is 17.8 Å². The molecule has 0 radical (unpaired) electrons. The van der Waals surface area contributed by atoms with E-state index in [1.54, 1.807) is 6.08 Å². The number of nitrogens with zero attached hydrogens (tertiary/aromatic N) is 2. The van der Waals surface area contributed by atoms with Crippen LogP contribution >= 0.6 is 0 Å². The zero-order valence-corrected chi connectivity index (χ0v) is 14.6. The molecule has 23 heavy (non-hydrogen) atoms. The number of pyridine rings is 1. The van der Waals surface area contributed by atoms with E-state index in [0.29, 0.717) is 5.92 Å². The summed E-state index contributed by atoms with van der Waals surface area (Å²) in [5.74, 6) is 0.562. The van der Waals surface area contributed by atoms with E-state index < -0.39 is 0 Å². The number of carbonyl (C=O) groups excluding carboxylic acids is 1. The van der Waals surface area contributed by atoms with Gasteiger partial charge in [0, 0.05) is 31.9 Å². The molecular weight excluding hydrogens is 286 g/mol. The summed E-state index contributed by atoms with van der Waals surface area (Å²) < 4.78 is 0. The van der Waals surface area contributed by atoms with Crippen molar-refractivity contribution in [1.29, 1.82) is 0 Å². The monoisotopic (exact) mass is 315 g/mol. The number of hydrogen-bond acceptors (Lipinski definition) is 3. The molecule has 0 bridgehead atoms. The molecule has 4 nitrogen and oxygen atoms in total. The van der Waals surface area contributed by atoms with Crippen LogP contribution in [0, 0.1) is 5.92 Å². The Bertz CT molecular complexity index is 532. The summed E-state index contributed by atoms with van der Waals surface area (Å²) >= 11 is 0. The molecule has 0 aromatic carbocycles. The Morgan fingerprint density at radius 3 is 2.91 bits per heavy atom. The molecule has 0 aliphatic carbocycles. The molecule has 1 aromatic rings. The minimum atomic E-state index is 0.0268. The van der Waals surface area contributed by atoms with Gasteiger partial charge in [-0.3, -0.25) is 14.7 Å². The fourth-order valence-corrected chi connectivity index (χ4v) is 3.01. The van der Waals surface area contributed by atoms with Gasteiger partial charge in [-0.2, -0.15) is 0 Å². The fourth-order valence-electron chi connectivity index (χ4n) is 3.01. The smallest absolute Gasteiger partial charge is 0.243 e. The first-order valence-electron chi connectivity index (χ1n) is 8.65. The van der Waals surface area contributed by atoms with Crippen LogP contribution in [0.3, 0.4) is 0 Å². The van der Waals surface area contributed by atoms with Gasteiger partial charge in [0.15, 0.2) is 0 Å². The van der Waals surface area contributed by atoms with Crippen molar-refractivity contribution in [3.05, 3.63) is 41.2 Å². The highest BCUT2D eigenvalue weighted by molar-refractivity contribution is 5.87. The van der Waals surface area contributed by atoms with Crippen LogP contribution in [0.25, 0.3) is 0 Å². The molecule has 0 unspecified atom stereocenters. The van der Waals surface area contributed by atoms with E-state index in [-0.39, 0.29) is 5.91 Å². The maximum absolute atomic E-state index is 11.7. The summed E-state index contributed by atoms with van der Waals surface area (Å²) in [6.07, 6.45) is 7.06. The van der Waals surface area contributed by atoms with Crippen LogP contribution in [0.4, 0.5) is 0 Å². The van der Waals surface area contributed by atoms with Gasteiger partial charge in [0.2, 0.25) is 5.91 Å². The first-order valence-corrected chi connectivity index (χ1v) is 8.65. The summed E-state index contributed by atoms with van der Waals surface area (Å²) in [5.41, 5.74) is 3.46. The van der Waals surface area contributed by atoms with E-state index in [1.165, 1.54) is 18.4 Å². The second-order valence-corrected chi connectivity index (χ2v) is 6.72. The van der Waals surface area contributed by atoms with Crippen molar-refractivity contribution < 1.29 is 4.79 Å². The van der Waals surface area contributed by atoms with Crippen molar-refractivity contribution in [2.45, 2.75) is 46.6 Å². The summed E-state index contributed by atoms with van der Waals surface area (Å²) in [7, 11) is 0. The summed E-state index contributed by atoms with van der Waals surface area (Å²) in [6.45, 7) is 9.86. The number of rotatable bonds is 6. The molecule has 4 heteroatoms. The van der Waals surface area contributed by atoms with Gasteiger partial charge in [0.1, 0.15) is 0 Å². The first kappa shape index (κ1) is 17.7. The second-order valence-electron chi connectivity index (χ2n) is 6.72. The number of aryl methyl sites for hydroxylation is 1. The van der Waals surface area contributed by atoms with Crippen LogP contribution in [-0.4, -0.2) is 35.4 Å². The second kappa shape index (κ2) is 8.82. The predicted octanol–water partition coefficient (Wildman–Crippen LogP) is 2.94. The highest BCUT2D eigenvalue weighted by Gasteiger charge is 2.20. The van der Waals surface area contributed by atoms with Crippen molar-refractivity contribution in [2.24, 2.45) is 5.92 Å². The van der Waals surface area contributed by atoms with Gasteiger partial charge in [0.25, 0.3) is 0 Å². The average Bonchev–Trinajstić information content (AvgIpc) is 2.53. The Morgan fingerprint density at radius 2 is 2.26 bits per heavy atom. The number of carbonyl (C=O) groups is 1. The molecule has 2 heterocycles. The van der Waals surface area contributed by atoms with Crippen LogP contribution in [0.15, 0.2) is 30.0 Å². The Kier molecular flexibility index (Phi) is 6.78. The number of hydrogen-bond donors (Lipinski definition) is 1. The largest absolute Gasteiger partial charge is 0.352 e. The Hall–Kier alpha value is -1.68. The molecule has 1 saturated heterocycles. The van der Waals surface area contributed by atoms with Gasteiger partial charge in [-0.15, -0.1) is 0 Å². The molecule has 1 N–H and O–H groups in total. The van der Waals surface area contributed by atoms with E-state index in [1.807, 2.05) is 20.0 Å². The standard InChI is InChI=1S/C19H29N3O/c1-4-16-7-8-18(20-11-16)14-22-9-5-6-17(13-22)12-21-19(23)10-15(2)3/h7-8,10-11,17H,4-6,9,12-14H2,1-3H3,(H,21,23)/t17-/m0/s1. The maximum Gasteiger partial charge on any atom is 0.243 e. The van der Waals surface area contributed by atoms with Gasteiger partial charge in [-0.25, -0.2) is 0 Å². The lowest BCUT2D eigenvalue weighted by atomic mass is 9.97. The molecule has 1 amide bonds. The molecule has 1 aromatic heterocycles. The lowest BCUT2D eigenvalue weighted by molar-refractivity contribution is -0.116. The molecular formula is C19H29N3O. The summed E-state index contributed by atoms with van der Waals surface area (Å²) in [5, 5.41) is 3.03. The average molecular weight is 315 g/mol. The first-order chi connectivity index (χ1) is 11.1. The Balaban J connectivity index is 1.80. The normalized spacial score (nSPS) is 18.5. The van der Waals surface area contributed by atoms with Gasteiger partial charge >= 0.3 is 0 Å². The van der Waals surface area contributed by atoms with E-state index >= 15 is 0 Å². The van der Waals surface area contributed by atoms with Crippen molar-refractivity contribution in [3.63, 3.8) is 0 Å². The number of allylic oxidation sites excluding steroid dienone is 1. The summed E-state index contributed by atoms with van der Waals surface area (Å²) in [4.78, 5) is 18.7. The third kappa shape index (κ3) is 6.14.